The maximum absolute atomic E-state index is 13.6. The average Bonchev–Trinajstić information content (AvgIpc) is 3.73. The quantitative estimate of drug-likeness (QED) is 0.0165. The Morgan fingerprint density at radius 1 is 0.734 bits per heavy atom. The van der Waals surface area contributed by atoms with E-state index >= 15 is 0 Å². The molecule has 12 nitrogen and oxygen atoms in total. The number of ether oxygens (including phenoxy) is 1. The van der Waals surface area contributed by atoms with Crippen LogP contribution in [0.3, 0.4) is 0 Å². The second-order valence-electron chi connectivity index (χ2n) is 16.0. The second kappa shape index (κ2) is 43.1. The van der Waals surface area contributed by atoms with Gasteiger partial charge in [0.1, 0.15) is 5.75 Å². The first-order valence-electron chi connectivity index (χ1n) is 23.4. The summed E-state index contributed by atoms with van der Waals surface area (Å²) in [7, 11) is 0. The molecule has 0 unspecified atom stereocenters. The third-order valence-electron chi connectivity index (χ3n) is 8.91. The average molecular weight is 924 g/mol. The van der Waals surface area contributed by atoms with Gasteiger partial charge in [0.2, 0.25) is 23.5 Å². The van der Waals surface area contributed by atoms with Crippen LogP contribution in [-0.2, 0) is 11.0 Å². The molecule has 376 valence electrons. The van der Waals surface area contributed by atoms with Crippen molar-refractivity contribution in [2.24, 2.45) is 29.0 Å². The molecule has 0 aliphatic heterocycles. The number of unbranched alkanes of at least 4 members (excludes halogenated alkanes) is 13. The molecule has 1 heterocycles. The Kier molecular flexibility index (Phi) is 44.9. The fourth-order valence-corrected chi connectivity index (χ4v) is 5.35. The van der Waals surface area contributed by atoms with E-state index in [-0.39, 0.29) is 59.5 Å². The zero-order valence-electron chi connectivity index (χ0n) is 41.3. The van der Waals surface area contributed by atoms with Crippen molar-refractivity contribution in [1.82, 2.24) is 10.1 Å². The summed E-state index contributed by atoms with van der Waals surface area (Å²) in [6.45, 7) is 19.7. The van der Waals surface area contributed by atoms with Crippen molar-refractivity contribution in [2.75, 3.05) is 13.2 Å². The van der Waals surface area contributed by atoms with E-state index in [1.807, 2.05) is 6.92 Å². The molecular weight excluding hydrogens is 834 g/mol. The maximum Gasteiger partial charge on any atom is 0.419 e. The minimum atomic E-state index is -4.63. The van der Waals surface area contributed by atoms with Crippen LogP contribution in [-0.4, -0.2) is 46.8 Å². The molecule has 2 aromatic rings. The van der Waals surface area contributed by atoms with E-state index in [1.165, 1.54) is 97.6 Å². The lowest BCUT2D eigenvalue weighted by molar-refractivity contribution is -0.138. The molecule has 1 aromatic heterocycles. The first-order chi connectivity index (χ1) is 30.1. The van der Waals surface area contributed by atoms with Crippen LogP contribution in [0.4, 0.5) is 22.0 Å². The topological polar surface area (TPSA) is 233 Å². The summed E-state index contributed by atoms with van der Waals surface area (Å²) >= 11 is 0. The zero-order valence-corrected chi connectivity index (χ0v) is 41.3. The predicted molar refractivity (Wildman–Crippen MR) is 256 cm³/mol. The Labute approximate surface area is 383 Å². The number of rotatable bonds is 25. The maximum atomic E-state index is 13.6. The van der Waals surface area contributed by atoms with Gasteiger partial charge in [-0.25, -0.2) is 8.78 Å². The van der Waals surface area contributed by atoms with Crippen molar-refractivity contribution in [1.29, 1.82) is 16.2 Å². The first kappa shape index (κ1) is 66.7. The van der Waals surface area contributed by atoms with Crippen LogP contribution in [0.5, 0.6) is 5.75 Å². The summed E-state index contributed by atoms with van der Waals surface area (Å²) < 4.78 is 78.5. The molecule has 11 N–H and O–H groups in total. The Morgan fingerprint density at radius 3 is 1.61 bits per heavy atom. The second-order valence-corrected chi connectivity index (χ2v) is 16.0. The number of hydrogen-bond acceptors (Lipinski definition) is 10. The number of hydrogen-bond donors (Lipinski definition) is 7. The molecule has 0 aliphatic carbocycles. The molecule has 1 aromatic carbocycles. The molecule has 0 fully saturated rings. The van der Waals surface area contributed by atoms with Gasteiger partial charge in [0.05, 0.1) is 23.8 Å². The van der Waals surface area contributed by atoms with E-state index in [4.69, 9.17) is 48.6 Å². The summed E-state index contributed by atoms with van der Waals surface area (Å²) in [5.74, 6) is 1.53. The molecule has 0 aliphatic rings. The summed E-state index contributed by atoms with van der Waals surface area (Å²) in [5, 5.41) is 23.4. The van der Waals surface area contributed by atoms with Gasteiger partial charge in [-0.3, -0.25) is 16.2 Å². The van der Waals surface area contributed by atoms with Crippen molar-refractivity contribution in [3.8, 4) is 17.1 Å². The minimum absolute atomic E-state index is 0.0370. The highest BCUT2D eigenvalue weighted by atomic mass is 19.4. The number of benzene rings is 1. The van der Waals surface area contributed by atoms with Gasteiger partial charge in [-0.15, -0.1) is 0 Å². The third kappa shape index (κ3) is 42.1. The van der Waals surface area contributed by atoms with E-state index in [1.54, 1.807) is 0 Å². The van der Waals surface area contributed by atoms with Crippen molar-refractivity contribution < 1.29 is 36.0 Å². The molecule has 0 bridgehead atoms. The van der Waals surface area contributed by atoms with E-state index in [0.29, 0.717) is 6.42 Å². The van der Waals surface area contributed by atoms with Gasteiger partial charge < -0.3 is 31.3 Å². The largest absolute Gasteiger partial charge is 0.493 e. The van der Waals surface area contributed by atoms with Crippen molar-refractivity contribution >= 4 is 17.6 Å². The monoisotopic (exact) mass is 924 g/mol. The predicted octanol–water partition coefficient (Wildman–Crippen LogP) is 14.1. The summed E-state index contributed by atoms with van der Waals surface area (Å²) in [6, 6.07) is 3.54. The van der Waals surface area contributed by atoms with Gasteiger partial charge in [0.25, 0.3) is 0 Å². The Hall–Kier alpha value is -3.86. The lowest BCUT2D eigenvalue weighted by atomic mass is 10.0. The van der Waals surface area contributed by atoms with Crippen LogP contribution in [0.15, 0.2) is 22.7 Å². The van der Waals surface area contributed by atoms with E-state index in [2.05, 4.69) is 49.6 Å². The fraction of sp³-hybridized carbons (Fsp3) is 0.766. The lowest BCUT2D eigenvalue weighted by Crippen LogP contribution is -2.17. The Bertz CT molecular complexity index is 1380. The Morgan fingerprint density at radius 2 is 1.19 bits per heavy atom. The van der Waals surface area contributed by atoms with E-state index in [0.717, 1.165) is 64.0 Å². The molecule has 2 rings (SSSR count). The number of nitrogens with one attached hydrogen (secondary N) is 3. The molecule has 2 atom stereocenters. The Balaban J connectivity index is -0.000000456. The van der Waals surface area contributed by atoms with Crippen LogP contribution >= 0.6 is 0 Å². The van der Waals surface area contributed by atoms with Crippen molar-refractivity contribution in [3.63, 3.8) is 0 Å². The normalized spacial score (nSPS) is 11.5. The van der Waals surface area contributed by atoms with Gasteiger partial charge in [0, 0.05) is 30.2 Å². The van der Waals surface area contributed by atoms with Crippen LogP contribution in [0.25, 0.3) is 11.4 Å². The standard InChI is InChI=1S/C23H31F5N2O2.C10H23N.C7H16N2O.C3H8.2C2H6N2/c1-4-6-7-8-9-10-13-31-19-12-11-17(14-18(19)23(26,27)28)20-29-21(32-30-20)16(3)15-22(24,25)5-2;1-2-3-4-5-6-7-8-9-10-11;1-3-4-5-6(2)7(8)10-9;1-3-2;2*1-2(3)4/h11-12,14,16H,4-10,13,15H2,1-3H3;2-11H2,1H3;6,8H,3-5,9H2,1-2H3;3H2,1-2H3;2*1H3,(H3,3,4)/t16-;;6-;;;/m0.0.../s1. The molecule has 0 radical (unpaired) electrons. The van der Waals surface area contributed by atoms with E-state index in [9.17, 15) is 22.0 Å². The molecule has 0 saturated carbocycles. The van der Waals surface area contributed by atoms with Crippen molar-refractivity contribution in [3.05, 3.63) is 29.7 Å². The van der Waals surface area contributed by atoms with Gasteiger partial charge in [-0.1, -0.05) is 157 Å². The van der Waals surface area contributed by atoms with Crippen LogP contribution in [0.1, 0.15) is 215 Å². The third-order valence-corrected chi connectivity index (χ3v) is 8.91. The molecule has 0 spiro atoms. The van der Waals surface area contributed by atoms with E-state index < -0.39 is 30.0 Å². The number of amidine groups is 2. The zero-order chi connectivity index (χ0) is 50.0. The number of aromatic nitrogens is 2. The number of nitrogens with two attached hydrogens (primary N) is 4. The molecular formula is C47H90F5N9O3. The highest BCUT2D eigenvalue weighted by Crippen LogP contribution is 2.39. The molecule has 64 heavy (non-hydrogen) atoms. The smallest absolute Gasteiger partial charge is 0.419 e. The number of nitrogens with zero attached hydrogens (tertiary/aromatic N) is 2. The van der Waals surface area contributed by atoms with Crippen molar-refractivity contribution in [2.45, 2.75) is 216 Å². The van der Waals surface area contributed by atoms with Gasteiger partial charge in [-0.2, -0.15) is 24.1 Å². The highest BCUT2D eigenvalue weighted by molar-refractivity contribution is 5.74. The summed E-state index contributed by atoms with van der Waals surface area (Å²) in [4.78, 5) is 8.34. The van der Waals surface area contributed by atoms with Crippen LogP contribution < -0.4 is 27.8 Å². The van der Waals surface area contributed by atoms with Gasteiger partial charge in [0.15, 0.2) is 0 Å². The number of halogens is 5. The molecule has 0 amide bonds. The lowest BCUT2D eigenvalue weighted by Gasteiger charge is -2.16. The highest BCUT2D eigenvalue weighted by Gasteiger charge is 2.36. The van der Waals surface area contributed by atoms with Crippen LogP contribution in [0, 0.1) is 22.1 Å². The van der Waals surface area contributed by atoms with Gasteiger partial charge >= 0.3 is 6.18 Å². The summed E-state index contributed by atoms with van der Waals surface area (Å²) in [6.07, 6.45) is 16.1. The SMILES string of the molecule is CC(=N)N.CC(=N)N.CCC.CCCCCCCCCCN.CCCCCCCCOc1ccc(-c2noc([C@@H](C)CC(F)(F)CC)n2)cc1C(F)(F)F.CCCC[C@H](C)C(=N)ON. The molecule has 17 heteroatoms. The van der Waals surface area contributed by atoms with Gasteiger partial charge in [-0.05, 0) is 57.9 Å². The molecule has 0 saturated heterocycles. The fourth-order valence-electron chi connectivity index (χ4n) is 5.35. The number of alkyl halides is 5. The van der Waals surface area contributed by atoms with Crippen LogP contribution in [0.2, 0.25) is 0 Å². The summed E-state index contributed by atoms with van der Waals surface area (Å²) in [5.41, 5.74) is 13.9. The first-order valence-corrected chi connectivity index (χ1v) is 23.4. The minimum Gasteiger partial charge on any atom is -0.493 e.